The molecular formula is C15H21NO2. The molecule has 1 aromatic rings. The average molecular weight is 247 g/mol. The summed E-state index contributed by atoms with van der Waals surface area (Å²) in [4.78, 5) is 14.5. The van der Waals surface area contributed by atoms with Crippen LogP contribution in [0, 0.1) is 12.8 Å². The zero-order valence-electron chi connectivity index (χ0n) is 11.3. The van der Waals surface area contributed by atoms with Crippen molar-refractivity contribution in [1.82, 2.24) is 4.90 Å². The van der Waals surface area contributed by atoms with E-state index in [9.17, 15) is 9.90 Å². The highest BCUT2D eigenvalue weighted by Crippen LogP contribution is 2.26. The number of phenols is 1. The Bertz CT molecular complexity index is 456. The van der Waals surface area contributed by atoms with Gasteiger partial charge in [-0.15, -0.1) is 0 Å². The van der Waals surface area contributed by atoms with Gasteiger partial charge in [0.05, 0.1) is 0 Å². The number of phenolic OH excluding ortho intramolecular Hbond substituents is 1. The van der Waals surface area contributed by atoms with Crippen LogP contribution in [0.3, 0.4) is 0 Å². The lowest BCUT2D eigenvalue weighted by Gasteiger charge is -2.38. The fourth-order valence-electron chi connectivity index (χ4n) is 2.66. The Kier molecular flexibility index (Phi) is 3.60. The number of hydrogen-bond donors (Lipinski definition) is 1. The highest BCUT2D eigenvalue weighted by Gasteiger charge is 2.29. The molecule has 0 spiro atoms. The van der Waals surface area contributed by atoms with Crippen molar-refractivity contribution in [3.63, 3.8) is 0 Å². The first-order valence-electron chi connectivity index (χ1n) is 6.61. The topological polar surface area (TPSA) is 40.5 Å². The molecule has 1 fully saturated rings. The van der Waals surface area contributed by atoms with Crippen molar-refractivity contribution < 1.29 is 9.90 Å². The third-order valence-corrected chi connectivity index (χ3v) is 4.07. The molecule has 1 N–H and O–H groups in total. The maximum absolute atomic E-state index is 12.5. The molecule has 18 heavy (non-hydrogen) atoms. The summed E-state index contributed by atoms with van der Waals surface area (Å²) in [5.74, 6) is 0.857. The predicted molar refractivity (Wildman–Crippen MR) is 71.7 cm³/mol. The predicted octanol–water partition coefficient (Wildman–Crippen LogP) is 2.96. The second-order valence-corrected chi connectivity index (χ2v) is 5.36. The van der Waals surface area contributed by atoms with E-state index in [1.165, 1.54) is 6.42 Å². The molecule has 1 aliphatic heterocycles. The monoisotopic (exact) mass is 247 g/mol. The number of likely N-dealkylation sites (tertiary alicyclic amines) is 1. The Morgan fingerprint density at radius 3 is 2.78 bits per heavy atom. The van der Waals surface area contributed by atoms with Crippen LogP contribution in [0.25, 0.3) is 0 Å². The van der Waals surface area contributed by atoms with Gasteiger partial charge in [-0.25, -0.2) is 0 Å². The summed E-state index contributed by atoms with van der Waals surface area (Å²) in [6.45, 7) is 7.03. The molecule has 98 valence electrons. The van der Waals surface area contributed by atoms with Gasteiger partial charge in [0.2, 0.25) is 0 Å². The van der Waals surface area contributed by atoms with Crippen LogP contribution in [0.15, 0.2) is 18.2 Å². The number of rotatable bonds is 1. The van der Waals surface area contributed by atoms with Crippen LogP contribution in [-0.4, -0.2) is 28.5 Å². The van der Waals surface area contributed by atoms with Crippen molar-refractivity contribution in [1.29, 1.82) is 0 Å². The highest BCUT2D eigenvalue weighted by molar-refractivity contribution is 5.96. The zero-order chi connectivity index (χ0) is 13.3. The van der Waals surface area contributed by atoms with E-state index in [0.717, 1.165) is 18.5 Å². The number of aryl methyl sites for hydroxylation is 1. The molecule has 2 unspecified atom stereocenters. The Morgan fingerprint density at radius 2 is 2.11 bits per heavy atom. The summed E-state index contributed by atoms with van der Waals surface area (Å²) >= 11 is 0. The van der Waals surface area contributed by atoms with Crippen molar-refractivity contribution in [2.45, 2.75) is 39.7 Å². The maximum atomic E-state index is 12.5. The number of piperidine rings is 1. The first-order chi connectivity index (χ1) is 8.50. The highest BCUT2D eigenvalue weighted by atomic mass is 16.3. The quantitative estimate of drug-likeness (QED) is 0.828. The van der Waals surface area contributed by atoms with Gasteiger partial charge >= 0.3 is 0 Å². The van der Waals surface area contributed by atoms with Crippen molar-refractivity contribution in [2.75, 3.05) is 6.54 Å². The van der Waals surface area contributed by atoms with E-state index < -0.39 is 0 Å². The van der Waals surface area contributed by atoms with Gasteiger partial charge in [0.1, 0.15) is 5.75 Å². The lowest BCUT2D eigenvalue weighted by molar-refractivity contribution is 0.0550. The van der Waals surface area contributed by atoms with E-state index in [1.54, 1.807) is 18.2 Å². The summed E-state index contributed by atoms with van der Waals surface area (Å²) in [7, 11) is 0. The molecule has 0 aliphatic carbocycles. The smallest absolute Gasteiger partial charge is 0.254 e. The molecule has 0 radical (unpaired) electrons. The Balaban J connectivity index is 2.25. The normalized spacial score (nSPS) is 24.1. The van der Waals surface area contributed by atoms with Crippen LogP contribution in [0.1, 0.15) is 42.6 Å². The lowest BCUT2D eigenvalue weighted by atomic mass is 9.91. The van der Waals surface area contributed by atoms with Gasteiger partial charge in [-0.2, -0.15) is 0 Å². The third kappa shape index (κ3) is 2.35. The molecular weight excluding hydrogens is 226 g/mol. The van der Waals surface area contributed by atoms with Gasteiger partial charge in [-0.1, -0.05) is 6.92 Å². The van der Waals surface area contributed by atoms with Crippen LogP contribution in [-0.2, 0) is 0 Å². The third-order valence-electron chi connectivity index (χ3n) is 4.07. The molecule has 0 bridgehead atoms. The second-order valence-electron chi connectivity index (χ2n) is 5.36. The lowest BCUT2D eigenvalue weighted by Crippen LogP contribution is -2.46. The minimum atomic E-state index is 0.0894. The number of carbonyl (C=O) groups excluding carboxylic acids is 1. The van der Waals surface area contributed by atoms with Crippen molar-refractivity contribution >= 4 is 5.91 Å². The van der Waals surface area contributed by atoms with E-state index in [4.69, 9.17) is 0 Å². The number of nitrogens with zero attached hydrogens (tertiary/aromatic N) is 1. The molecule has 3 heteroatoms. The Morgan fingerprint density at radius 1 is 1.39 bits per heavy atom. The number of aromatic hydroxyl groups is 1. The van der Waals surface area contributed by atoms with Crippen LogP contribution >= 0.6 is 0 Å². The molecule has 1 saturated heterocycles. The fraction of sp³-hybridized carbons (Fsp3) is 0.533. The molecule has 2 atom stereocenters. The zero-order valence-corrected chi connectivity index (χ0v) is 11.3. The molecule has 3 nitrogen and oxygen atoms in total. The molecule has 0 saturated carbocycles. The summed E-state index contributed by atoms with van der Waals surface area (Å²) in [5, 5.41) is 9.40. The van der Waals surface area contributed by atoms with Crippen molar-refractivity contribution in [2.24, 2.45) is 5.92 Å². The van der Waals surface area contributed by atoms with Crippen LogP contribution in [0.5, 0.6) is 5.75 Å². The molecule has 1 aromatic carbocycles. The molecule has 0 aromatic heterocycles. The van der Waals surface area contributed by atoms with Crippen LogP contribution < -0.4 is 0 Å². The molecule has 1 aliphatic rings. The van der Waals surface area contributed by atoms with Crippen LogP contribution in [0.2, 0.25) is 0 Å². The van der Waals surface area contributed by atoms with Gasteiger partial charge in [0, 0.05) is 18.2 Å². The van der Waals surface area contributed by atoms with Crippen LogP contribution in [0.4, 0.5) is 0 Å². The first kappa shape index (κ1) is 12.9. The van der Waals surface area contributed by atoms with E-state index in [-0.39, 0.29) is 11.7 Å². The van der Waals surface area contributed by atoms with E-state index in [1.807, 2.05) is 11.8 Å². The largest absolute Gasteiger partial charge is 0.508 e. The minimum absolute atomic E-state index is 0.0894. The number of benzene rings is 1. The van der Waals surface area contributed by atoms with Gasteiger partial charge in [0.25, 0.3) is 5.91 Å². The summed E-state index contributed by atoms with van der Waals surface area (Å²) in [6, 6.07) is 5.24. The van der Waals surface area contributed by atoms with E-state index >= 15 is 0 Å². The fourth-order valence-corrected chi connectivity index (χ4v) is 2.66. The van der Waals surface area contributed by atoms with E-state index in [0.29, 0.717) is 17.5 Å². The maximum Gasteiger partial charge on any atom is 0.254 e. The second kappa shape index (κ2) is 5.01. The first-order valence-corrected chi connectivity index (χ1v) is 6.61. The number of amides is 1. The molecule has 2 rings (SSSR count). The molecule has 1 amide bonds. The number of hydrogen-bond acceptors (Lipinski definition) is 2. The summed E-state index contributed by atoms with van der Waals surface area (Å²) < 4.78 is 0. The summed E-state index contributed by atoms with van der Waals surface area (Å²) in [6.07, 6.45) is 2.27. The average Bonchev–Trinajstić information content (AvgIpc) is 2.32. The standard InChI is InChI=1S/C15H21NO2/c1-10-5-4-8-16(12(10)3)15(18)14-7-6-13(17)9-11(14)2/h6-7,9-10,12,17H,4-5,8H2,1-3H3. The Hall–Kier alpha value is -1.51. The van der Waals surface area contributed by atoms with Gasteiger partial charge in [-0.05, 0) is 56.4 Å². The van der Waals surface area contributed by atoms with Gasteiger partial charge < -0.3 is 10.0 Å². The summed E-state index contributed by atoms with van der Waals surface area (Å²) in [5.41, 5.74) is 1.54. The molecule has 1 heterocycles. The van der Waals surface area contributed by atoms with Gasteiger partial charge in [0.15, 0.2) is 0 Å². The SMILES string of the molecule is Cc1cc(O)ccc1C(=O)N1CCCC(C)C1C. The van der Waals surface area contributed by atoms with Crippen molar-refractivity contribution in [3.05, 3.63) is 29.3 Å². The Labute approximate surface area is 108 Å². The number of carbonyl (C=O) groups is 1. The van der Waals surface area contributed by atoms with Gasteiger partial charge in [-0.3, -0.25) is 4.79 Å². The van der Waals surface area contributed by atoms with E-state index in [2.05, 4.69) is 13.8 Å². The minimum Gasteiger partial charge on any atom is -0.508 e. The van der Waals surface area contributed by atoms with Crippen molar-refractivity contribution in [3.8, 4) is 5.75 Å².